The Balaban J connectivity index is 0.000000265. The Morgan fingerprint density at radius 3 is 2.03 bits per heavy atom. The van der Waals surface area contributed by atoms with Gasteiger partial charge < -0.3 is 9.29 Å². The molecule has 37 heavy (non-hydrogen) atoms. The van der Waals surface area contributed by atoms with Crippen LogP contribution in [0, 0.1) is 0 Å². The monoisotopic (exact) mass is 586 g/mol. The Morgan fingerprint density at radius 2 is 1.51 bits per heavy atom. The lowest BCUT2D eigenvalue weighted by Crippen LogP contribution is -2.63. The van der Waals surface area contributed by atoms with E-state index in [4.69, 9.17) is 4.74 Å². The van der Waals surface area contributed by atoms with Gasteiger partial charge in [0.2, 0.25) is 0 Å². The number of halogens is 9. The van der Waals surface area contributed by atoms with Crippen molar-refractivity contribution in [1.29, 1.82) is 0 Å². The van der Waals surface area contributed by atoms with Crippen molar-refractivity contribution in [2.45, 2.75) is 60.8 Å². The third-order valence-corrected chi connectivity index (χ3v) is 8.78. The smallest absolute Gasteiger partial charge is 0.460 e. The first kappa shape index (κ1) is 31.3. The maximum absolute atomic E-state index is 12.2. The number of rotatable bonds is 8. The van der Waals surface area contributed by atoms with E-state index in [0.29, 0.717) is 10.9 Å². The van der Waals surface area contributed by atoms with Crippen LogP contribution in [0.4, 0.5) is 39.5 Å². The molecule has 4 nitrogen and oxygen atoms in total. The van der Waals surface area contributed by atoms with Crippen molar-refractivity contribution in [1.82, 2.24) is 0 Å². The molecular weight excluding hydrogens is 563 g/mol. The molecule has 0 spiro atoms. The lowest BCUT2D eigenvalue weighted by Gasteiger charge is -2.34. The van der Waals surface area contributed by atoms with Gasteiger partial charge in [-0.2, -0.15) is 39.5 Å². The van der Waals surface area contributed by atoms with E-state index in [1.54, 1.807) is 4.90 Å². The Bertz CT molecular complexity index is 1160. The molecule has 2 aromatic carbocycles. The number of ether oxygens (including phenoxy) is 1. The van der Waals surface area contributed by atoms with Gasteiger partial charge >= 0.3 is 23.3 Å². The summed E-state index contributed by atoms with van der Waals surface area (Å²) in [6.45, 7) is 3.02. The van der Waals surface area contributed by atoms with Crippen LogP contribution in [-0.4, -0.2) is 54.4 Å². The topological polar surface area (TPSA) is 66.4 Å². The van der Waals surface area contributed by atoms with Gasteiger partial charge in [-0.25, -0.2) is 8.42 Å². The fourth-order valence-electron chi connectivity index (χ4n) is 3.30. The standard InChI is InChI=1S/C18H23OS.C4HF9O3S/c1-2-3-11-19-16-9-10-17-15(14-16)7-6-8-18(17)20-12-4-5-13-20;5-1(6,3(9,10)11)2(7,8)4(12,13)17(14,15)16/h6-10,14H,2-5,11-13H2,1H3;(H,14,15,16)/q+1;/p-1. The summed E-state index contributed by atoms with van der Waals surface area (Å²) in [7, 11) is -6.94. The number of unbranched alkanes of at least 4 members (excludes halogenated alkanes) is 1. The number of hydrogen-bond donors (Lipinski definition) is 0. The van der Waals surface area contributed by atoms with Crippen LogP contribution in [0.25, 0.3) is 10.8 Å². The molecule has 0 unspecified atom stereocenters. The van der Waals surface area contributed by atoms with Crippen LogP contribution in [0.1, 0.15) is 32.6 Å². The van der Waals surface area contributed by atoms with Crippen molar-refractivity contribution in [3.63, 3.8) is 0 Å². The van der Waals surface area contributed by atoms with Crippen LogP contribution in [0.5, 0.6) is 5.75 Å². The predicted octanol–water partition coefficient (Wildman–Crippen LogP) is 6.75. The molecule has 1 aliphatic rings. The summed E-state index contributed by atoms with van der Waals surface area (Å²) in [4.78, 5) is 1.57. The number of benzene rings is 2. The predicted molar refractivity (Wildman–Crippen MR) is 120 cm³/mol. The Labute approximate surface area is 210 Å². The highest BCUT2D eigenvalue weighted by molar-refractivity contribution is 7.97. The molecule has 0 N–H and O–H groups in total. The van der Waals surface area contributed by atoms with Gasteiger partial charge in [0.1, 0.15) is 17.3 Å². The number of fused-ring (bicyclic) bond motifs is 1. The third kappa shape index (κ3) is 6.59. The molecule has 0 saturated carbocycles. The average molecular weight is 587 g/mol. The Kier molecular flexibility index (Phi) is 9.72. The van der Waals surface area contributed by atoms with Crippen molar-refractivity contribution < 1.29 is 57.2 Å². The van der Waals surface area contributed by atoms with Crippen molar-refractivity contribution in [3.8, 4) is 5.75 Å². The van der Waals surface area contributed by atoms with E-state index >= 15 is 0 Å². The Morgan fingerprint density at radius 1 is 0.919 bits per heavy atom. The van der Waals surface area contributed by atoms with Crippen molar-refractivity contribution >= 4 is 31.8 Å². The highest BCUT2D eigenvalue weighted by Crippen LogP contribution is 2.54. The highest BCUT2D eigenvalue weighted by Gasteiger charge is 2.83. The summed E-state index contributed by atoms with van der Waals surface area (Å²) < 4.78 is 141. The normalized spacial score (nSPS) is 16.0. The number of alkyl halides is 9. The van der Waals surface area contributed by atoms with Crippen LogP contribution in [0.3, 0.4) is 0 Å². The number of hydrogen-bond acceptors (Lipinski definition) is 4. The third-order valence-electron chi connectivity index (χ3n) is 5.35. The van der Waals surface area contributed by atoms with E-state index in [1.807, 2.05) is 0 Å². The summed E-state index contributed by atoms with van der Waals surface area (Å²) in [6, 6.07) is 13.4. The van der Waals surface area contributed by atoms with Gasteiger partial charge in [-0.05, 0) is 48.9 Å². The maximum atomic E-state index is 12.2. The van der Waals surface area contributed by atoms with Gasteiger partial charge in [0.15, 0.2) is 15.0 Å². The summed E-state index contributed by atoms with van der Waals surface area (Å²) in [5, 5.41) is -4.35. The molecule has 2 aromatic rings. The maximum Gasteiger partial charge on any atom is 0.460 e. The minimum absolute atomic E-state index is 0.481. The summed E-state index contributed by atoms with van der Waals surface area (Å²) in [5.74, 6) is -11.0. The lowest BCUT2D eigenvalue weighted by molar-refractivity contribution is -0.382. The molecular formula is C22H23F9O4S2. The van der Waals surface area contributed by atoms with Crippen LogP contribution >= 0.6 is 0 Å². The minimum Gasteiger partial charge on any atom is -0.743 e. The zero-order chi connectivity index (χ0) is 28.3. The molecule has 1 fully saturated rings. The molecule has 0 atom stereocenters. The second-order valence-electron chi connectivity index (χ2n) is 8.07. The first-order valence-corrected chi connectivity index (χ1v) is 13.8. The van der Waals surface area contributed by atoms with E-state index in [1.165, 1.54) is 41.5 Å². The summed E-state index contributed by atoms with van der Waals surface area (Å²) in [6.07, 6.45) is -2.05. The van der Waals surface area contributed by atoms with E-state index in [0.717, 1.165) is 18.8 Å². The largest absolute Gasteiger partial charge is 0.743 e. The van der Waals surface area contributed by atoms with Gasteiger partial charge in [0.05, 0.1) is 6.61 Å². The molecule has 1 saturated heterocycles. The van der Waals surface area contributed by atoms with Gasteiger partial charge in [-0.3, -0.25) is 0 Å². The summed E-state index contributed by atoms with van der Waals surface area (Å²) >= 11 is 0. The minimum atomic E-state index is -7.43. The molecule has 3 rings (SSSR count). The van der Waals surface area contributed by atoms with Crippen molar-refractivity contribution in [2.75, 3.05) is 18.1 Å². The molecule has 0 bridgehead atoms. The molecule has 0 aromatic heterocycles. The Hall–Kier alpha value is -1.87. The average Bonchev–Trinajstić information content (AvgIpc) is 3.32. The summed E-state index contributed by atoms with van der Waals surface area (Å²) in [5.41, 5.74) is 0. The van der Waals surface area contributed by atoms with E-state index in [-0.39, 0.29) is 0 Å². The van der Waals surface area contributed by atoms with Crippen LogP contribution in [0.2, 0.25) is 0 Å². The lowest BCUT2D eigenvalue weighted by atomic mass is 10.1. The zero-order valence-corrected chi connectivity index (χ0v) is 20.9. The molecule has 0 aliphatic carbocycles. The fraction of sp³-hybridized carbons (Fsp3) is 0.545. The van der Waals surface area contributed by atoms with Crippen LogP contribution in [-0.2, 0) is 21.0 Å². The van der Waals surface area contributed by atoms with Gasteiger partial charge in [0.25, 0.3) is 0 Å². The molecule has 1 heterocycles. The van der Waals surface area contributed by atoms with Crippen LogP contribution in [0.15, 0.2) is 41.3 Å². The van der Waals surface area contributed by atoms with E-state index in [2.05, 4.69) is 43.3 Å². The van der Waals surface area contributed by atoms with Crippen LogP contribution < -0.4 is 4.74 Å². The SMILES string of the molecule is CCCCOc1ccc2c([S+]3CCCC3)cccc2c1.O=S(=O)([O-])C(F)(F)C(F)(F)C(F)(F)C(F)(F)F. The second kappa shape index (κ2) is 11.5. The van der Waals surface area contributed by atoms with E-state index < -0.39 is 33.4 Å². The van der Waals surface area contributed by atoms with Gasteiger partial charge in [-0.15, -0.1) is 0 Å². The molecule has 0 amide bonds. The fourth-order valence-corrected chi connectivity index (χ4v) is 6.26. The molecule has 15 heteroatoms. The first-order valence-electron chi connectivity index (χ1n) is 10.9. The second-order valence-corrected chi connectivity index (χ2v) is 11.7. The molecule has 210 valence electrons. The molecule has 0 radical (unpaired) electrons. The van der Waals surface area contributed by atoms with E-state index in [9.17, 15) is 52.5 Å². The van der Waals surface area contributed by atoms with Crippen molar-refractivity contribution in [2.24, 2.45) is 0 Å². The van der Waals surface area contributed by atoms with Gasteiger partial charge in [-0.1, -0.05) is 25.5 Å². The highest BCUT2D eigenvalue weighted by atomic mass is 32.2. The van der Waals surface area contributed by atoms with Gasteiger partial charge in [0, 0.05) is 16.3 Å². The first-order chi connectivity index (χ1) is 16.9. The quantitative estimate of drug-likeness (QED) is 0.149. The molecule has 1 aliphatic heterocycles. The van der Waals surface area contributed by atoms with Crippen molar-refractivity contribution in [3.05, 3.63) is 36.4 Å². The zero-order valence-electron chi connectivity index (χ0n) is 19.3.